The topological polar surface area (TPSA) is 63.7 Å². The van der Waals surface area contributed by atoms with Gasteiger partial charge in [-0.1, -0.05) is 25.5 Å². The molecule has 0 saturated heterocycles. The van der Waals surface area contributed by atoms with Crippen LogP contribution in [0.25, 0.3) is 0 Å². The van der Waals surface area contributed by atoms with Crippen molar-refractivity contribution in [3.8, 4) is 0 Å². The molecule has 5 nitrogen and oxygen atoms in total. The number of esters is 1. The second-order valence-electron chi connectivity index (χ2n) is 4.71. The van der Waals surface area contributed by atoms with Crippen molar-refractivity contribution in [2.24, 2.45) is 0 Å². The van der Waals surface area contributed by atoms with Gasteiger partial charge in [0.1, 0.15) is 5.03 Å². The number of para-hydroxylation sites is 1. The Morgan fingerprint density at radius 2 is 2.00 bits per heavy atom. The monoisotopic (exact) mass is 309 g/mol. The van der Waals surface area contributed by atoms with Gasteiger partial charge >= 0.3 is 5.97 Å². The highest BCUT2D eigenvalue weighted by Gasteiger charge is 2.38. The minimum atomic E-state index is -3.65. The predicted molar refractivity (Wildman–Crippen MR) is 80.6 cm³/mol. The Morgan fingerprint density at radius 1 is 1.29 bits per heavy atom. The maximum Gasteiger partial charge on any atom is 0.333 e. The van der Waals surface area contributed by atoms with Gasteiger partial charge in [-0.3, -0.25) is 0 Å². The van der Waals surface area contributed by atoms with Crippen LogP contribution >= 0.6 is 0 Å². The lowest BCUT2D eigenvalue weighted by Crippen LogP contribution is -2.23. The van der Waals surface area contributed by atoms with E-state index in [1.54, 1.807) is 36.1 Å². The molecule has 1 aliphatic heterocycles. The minimum Gasteiger partial charge on any atom is -0.463 e. The molecular weight excluding hydrogens is 290 g/mol. The van der Waals surface area contributed by atoms with E-state index in [-0.39, 0.29) is 16.5 Å². The second kappa shape index (κ2) is 6.30. The van der Waals surface area contributed by atoms with Gasteiger partial charge in [0.15, 0.2) is 0 Å². The normalized spacial score (nSPS) is 17.8. The van der Waals surface area contributed by atoms with Crippen LogP contribution in [-0.4, -0.2) is 27.5 Å². The zero-order valence-electron chi connectivity index (χ0n) is 12.2. The number of rotatable bonds is 5. The van der Waals surface area contributed by atoms with E-state index in [1.165, 1.54) is 0 Å². The number of unbranched alkanes of at least 4 members (excludes halogenated alkanes) is 1. The Bertz CT molecular complexity index is 664. The number of carbonyl (C=O) groups is 1. The summed E-state index contributed by atoms with van der Waals surface area (Å²) < 4.78 is 30.0. The van der Waals surface area contributed by atoms with E-state index in [0.29, 0.717) is 12.2 Å². The van der Waals surface area contributed by atoms with Crippen molar-refractivity contribution >= 4 is 21.5 Å². The molecule has 114 valence electrons. The van der Waals surface area contributed by atoms with E-state index < -0.39 is 15.8 Å². The third kappa shape index (κ3) is 2.95. The molecule has 0 aliphatic carbocycles. The van der Waals surface area contributed by atoms with E-state index in [2.05, 4.69) is 0 Å². The number of benzene rings is 1. The molecule has 0 atom stereocenters. The number of fused-ring (bicyclic) bond motifs is 1. The van der Waals surface area contributed by atoms with Gasteiger partial charge in [0.25, 0.3) is 0 Å². The van der Waals surface area contributed by atoms with Gasteiger partial charge in [-0.05, 0) is 25.5 Å². The Kier molecular flexibility index (Phi) is 4.67. The first-order chi connectivity index (χ1) is 10.0. The third-order valence-corrected chi connectivity index (χ3v) is 5.06. The maximum atomic E-state index is 12.6. The quantitative estimate of drug-likeness (QED) is 0.617. The Morgan fingerprint density at radius 3 is 2.67 bits per heavy atom. The van der Waals surface area contributed by atoms with Crippen molar-refractivity contribution in [3.63, 3.8) is 0 Å². The van der Waals surface area contributed by atoms with Crippen molar-refractivity contribution in [2.75, 3.05) is 18.1 Å². The van der Waals surface area contributed by atoms with Crippen molar-refractivity contribution < 1.29 is 17.9 Å². The molecule has 0 unspecified atom stereocenters. The predicted octanol–water partition coefficient (Wildman–Crippen LogP) is 2.48. The highest BCUT2D eigenvalue weighted by molar-refractivity contribution is 7.96. The number of hydrogen-bond donors (Lipinski definition) is 0. The lowest BCUT2D eigenvalue weighted by atomic mass is 10.2. The van der Waals surface area contributed by atoms with E-state index >= 15 is 0 Å². The van der Waals surface area contributed by atoms with Crippen LogP contribution in [0, 0.1) is 0 Å². The Labute approximate surface area is 125 Å². The number of carbonyl (C=O) groups excluding carboxylic acids is 1. The summed E-state index contributed by atoms with van der Waals surface area (Å²) in [5.74, 6) is -0.634. The van der Waals surface area contributed by atoms with Gasteiger partial charge in [0.05, 0.1) is 23.3 Å². The van der Waals surface area contributed by atoms with Gasteiger partial charge < -0.3 is 9.64 Å². The van der Waals surface area contributed by atoms with Crippen LogP contribution in [0.4, 0.5) is 5.69 Å². The van der Waals surface area contributed by atoms with Crippen molar-refractivity contribution in [1.82, 2.24) is 0 Å². The zero-order chi connectivity index (χ0) is 15.5. The maximum absolute atomic E-state index is 12.6. The van der Waals surface area contributed by atoms with Gasteiger partial charge in [0.2, 0.25) is 9.84 Å². The van der Waals surface area contributed by atoms with Crippen LogP contribution < -0.4 is 4.90 Å². The number of nitrogens with zero attached hydrogens (tertiary/aromatic N) is 1. The summed E-state index contributed by atoms with van der Waals surface area (Å²) in [6.45, 7) is 4.48. The minimum absolute atomic E-state index is 0.00981. The van der Waals surface area contributed by atoms with E-state index in [4.69, 9.17) is 4.74 Å². The molecular formula is C15H19NO4S. The summed E-state index contributed by atoms with van der Waals surface area (Å²) in [6, 6.07) is 6.80. The molecule has 0 bridgehead atoms. The molecule has 0 aromatic heterocycles. The fourth-order valence-electron chi connectivity index (χ4n) is 2.27. The molecule has 6 heteroatoms. The molecule has 1 aromatic rings. The van der Waals surface area contributed by atoms with Crippen LogP contribution in [0.15, 0.2) is 40.3 Å². The number of ether oxygens (including phenoxy) is 1. The molecule has 0 amide bonds. The third-order valence-electron chi connectivity index (χ3n) is 3.25. The van der Waals surface area contributed by atoms with Crippen LogP contribution in [0.5, 0.6) is 0 Å². The first kappa shape index (κ1) is 15.6. The molecule has 0 saturated carbocycles. The molecule has 0 fully saturated rings. The van der Waals surface area contributed by atoms with E-state index in [0.717, 1.165) is 18.9 Å². The first-order valence-electron chi connectivity index (χ1n) is 7.02. The Balaban J connectivity index is 2.49. The Hall–Kier alpha value is -1.82. The summed E-state index contributed by atoms with van der Waals surface area (Å²) in [4.78, 5) is 13.6. The summed E-state index contributed by atoms with van der Waals surface area (Å²) >= 11 is 0. The van der Waals surface area contributed by atoms with Gasteiger partial charge in [0, 0.05) is 6.54 Å². The molecule has 0 N–H and O–H groups in total. The van der Waals surface area contributed by atoms with Gasteiger partial charge in [-0.15, -0.1) is 0 Å². The number of anilines is 1. The van der Waals surface area contributed by atoms with E-state index in [9.17, 15) is 13.2 Å². The van der Waals surface area contributed by atoms with Crippen molar-refractivity contribution in [3.05, 3.63) is 35.4 Å². The molecule has 0 radical (unpaired) electrons. The summed E-state index contributed by atoms with van der Waals surface area (Å²) in [7, 11) is -3.65. The fourth-order valence-corrected chi connectivity index (χ4v) is 3.94. The van der Waals surface area contributed by atoms with E-state index in [1.807, 2.05) is 6.92 Å². The summed E-state index contributed by atoms with van der Waals surface area (Å²) in [6.07, 6.45) is 2.85. The van der Waals surface area contributed by atoms with Gasteiger partial charge in [-0.2, -0.15) is 0 Å². The second-order valence-corrected chi connectivity index (χ2v) is 6.58. The van der Waals surface area contributed by atoms with Crippen molar-refractivity contribution in [1.29, 1.82) is 0 Å². The molecule has 1 aromatic carbocycles. The average Bonchev–Trinajstić information content (AvgIpc) is 2.66. The average molecular weight is 309 g/mol. The zero-order valence-corrected chi connectivity index (χ0v) is 13.0. The van der Waals surface area contributed by atoms with Crippen LogP contribution in [0.2, 0.25) is 0 Å². The number of sulfone groups is 1. The van der Waals surface area contributed by atoms with Crippen LogP contribution in [0.1, 0.15) is 26.7 Å². The number of hydrogen-bond acceptors (Lipinski definition) is 5. The summed E-state index contributed by atoms with van der Waals surface area (Å²) in [5.41, 5.74) is 0.626. The van der Waals surface area contributed by atoms with Crippen molar-refractivity contribution in [2.45, 2.75) is 31.6 Å². The smallest absolute Gasteiger partial charge is 0.333 e. The lowest BCUT2D eigenvalue weighted by Gasteiger charge is -2.19. The molecule has 0 spiro atoms. The highest BCUT2D eigenvalue weighted by atomic mass is 32.2. The standard InChI is InChI=1S/C15H19NO4S/c1-3-5-10-16-12-8-6-7-9-13(12)21(18,19)14(16)11-15(17)20-4-2/h6-9,11H,3-5,10H2,1-2H3/b14-11+. The fraction of sp³-hybridized carbons (Fsp3) is 0.400. The van der Waals surface area contributed by atoms with Gasteiger partial charge in [-0.25, -0.2) is 13.2 Å². The SMILES string of the molecule is CCCCN1/C(=C\C(=O)OCC)S(=O)(=O)c2ccccc21. The van der Waals surface area contributed by atoms with Crippen LogP contribution in [-0.2, 0) is 19.4 Å². The van der Waals surface area contributed by atoms with Crippen LogP contribution in [0.3, 0.4) is 0 Å². The largest absolute Gasteiger partial charge is 0.463 e. The highest BCUT2D eigenvalue weighted by Crippen LogP contribution is 2.40. The molecule has 2 rings (SSSR count). The molecule has 1 heterocycles. The molecule has 1 aliphatic rings. The molecule has 21 heavy (non-hydrogen) atoms. The summed E-state index contributed by atoms with van der Waals surface area (Å²) in [5, 5.41) is 0.00981. The lowest BCUT2D eigenvalue weighted by molar-refractivity contribution is -0.137. The first-order valence-corrected chi connectivity index (χ1v) is 8.50.